The zero-order chi connectivity index (χ0) is 25.1. The summed E-state index contributed by atoms with van der Waals surface area (Å²) in [6, 6.07) is 4.72. The van der Waals surface area contributed by atoms with Gasteiger partial charge in [0.15, 0.2) is 17.3 Å². The normalized spacial score (nSPS) is 18.6. The lowest BCUT2D eigenvalue weighted by atomic mass is 9.94. The van der Waals surface area contributed by atoms with Crippen molar-refractivity contribution in [3.63, 3.8) is 0 Å². The van der Waals surface area contributed by atoms with Crippen molar-refractivity contribution in [2.24, 2.45) is 0 Å². The summed E-state index contributed by atoms with van der Waals surface area (Å²) in [5.41, 5.74) is 1.38. The van der Waals surface area contributed by atoms with Crippen LogP contribution in [0.3, 0.4) is 0 Å². The number of ether oxygens (including phenoxy) is 2. The van der Waals surface area contributed by atoms with E-state index in [0.29, 0.717) is 53.9 Å². The molecule has 0 radical (unpaired) electrons. The molecule has 0 aliphatic carbocycles. The second kappa shape index (κ2) is 10.8. The molecular weight excluding hydrogens is 466 g/mol. The zero-order valence-electron chi connectivity index (χ0n) is 20.8. The lowest BCUT2D eigenvalue weighted by Crippen LogP contribution is -2.38. The first-order valence-electron chi connectivity index (χ1n) is 12.2. The molecule has 35 heavy (non-hydrogen) atoms. The molecule has 1 amide bonds. The molecule has 8 nitrogen and oxygen atoms in total. The van der Waals surface area contributed by atoms with Gasteiger partial charge in [-0.2, -0.15) is 0 Å². The van der Waals surface area contributed by atoms with Crippen LogP contribution in [0.2, 0.25) is 0 Å². The predicted octanol–water partition coefficient (Wildman–Crippen LogP) is 4.23. The van der Waals surface area contributed by atoms with E-state index in [4.69, 9.17) is 9.47 Å². The summed E-state index contributed by atoms with van der Waals surface area (Å²) < 4.78 is 11.5. The third-order valence-corrected chi connectivity index (χ3v) is 7.47. The molecule has 1 N–H and O–H groups in total. The minimum absolute atomic E-state index is 0.0924. The number of carbonyl (C=O) groups is 2. The highest BCUT2D eigenvalue weighted by atomic mass is 32.1. The third kappa shape index (κ3) is 5.06. The molecule has 1 fully saturated rings. The first kappa shape index (κ1) is 25.2. The second-order valence-corrected chi connectivity index (χ2v) is 9.96. The van der Waals surface area contributed by atoms with Crippen molar-refractivity contribution < 1.29 is 24.2 Å². The lowest BCUT2D eigenvalue weighted by molar-refractivity contribution is -0.129. The molecule has 9 heteroatoms. The summed E-state index contributed by atoms with van der Waals surface area (Å²) in [7, 11) is 0. The van der Waals surface area contributed by atoms with Crippen molar-refractivity contribution in [3.05, 3.63) is 50.7 Å². The number of Topliss-reactive ketones (excluding diaryl/α,β-unsaturated/α-hetero) is 1. The Morgan fingerprint density at radius 2 is 1.80 bits per heavy atom. The fourth-order valence-corrected chi connectivity index (χ4v) is 5.69. The molecule has 2 aliphatic heterocycles. The summed E-state index contributed by atoms with van der Waals surface area (Å²) in [5, 5.41) is 11.7. The van der Waals surface area contributed by atoms with Gasteiger partial charge in [0, 0.05) is 13.1 Å². The van der Waals surface area contributed by atoms with Crippen LogP contribution in [0, 0.1) is 13.8 Å². The predicted molar refractivity (Wildman–Crippen MR) is 134 cm³/mol. The van der Waals surface area contributed by atoms with Gasteiger partial charge >= 0.3 is 0 Å². The maximum absolute atomic E-state index is 13.7. The number of nitrogens with zero attached hydrogens (tertiary/aromatic N) is 3. The Bertz CT molecular complexity index is 1140. The molecule has 1 saturated heterocycles. The third-order valence-electron chi connectivity index (χ3n) is 6.40. The van der Waals surface area contributed by atoms with Crippen LogP contribution in [0.15, 0.2) is 29.5 Å². The van der Waals surface area contributed by atoms with Gasteiger partial charge in [-0.25, -0.2) is 4.98 Å². The largest absolute Gasteiger partial charge is 0.503 e. The minimum Gasteiger partial charge on any atom is -0.503 e. The summed E-state index contributed by atoms with van der Waals surface area (Å²) >= 11 is 1.28. The maximum atomic E-state index is 13.7. The molecule has 0 spiro atoms. The van der Waals surface area contributed by atoms with Crippen LogP contribution in [0.5, 0.6) is 11.5 Å². The number of ketones is 1. The van der Waals surface area contributed by atoms with Crippen molar-refractivity contribution in [1.29, 1.82) is 0 Å². The number of carbonyl (C=O) groups excluding carboxylic acids is 2. The van der Waals surface area contributed by atoms with Crippen LogP contribution in [0.4, 0.5) is 0 Å². The Balaban J connectivity index is 1.76. The molecule has 188 valence electrons. The Kier molecular flexibility index (Phi) is 7.76. The van der Waals surface area contributed by atoms with Crippen molar-refractivity contribution in [1.82, 2.24) is 14.8 Å². The topological polar surface area (TPSA) is 92.2 Å². The first-order chi connectivity index (χ1) is 16.8. The van der Waals surface area contributed by atoms with Crippen molar-refractivity contribution >= 4 is 23.0 Å². The van der Waals surface area contributed by atoms with E-state index in [1.54, 1.807) is 17.9 Å². The second-order valence-electron chi connectivity index (χ2n) is 8.76. The molecule has 2 aromatic rings. The highest BCUT2D eigenvalue weighted by Gasteiger charge is 2.44. The van der Waals surface area contributed by atoms with Crippen LogP contribution < -0.4 is 9.47 Å². The minimum atomic E-state index is -0.728. The molecule has 0 bridgehead atoms. The van der Waals surface area contributed by atoms with E-state index in [1.165, 1.54) is 11.3 Å². The number of benzene rings is 1. The van der Waals surface area contributed by atoms with E-state index in [1.807, 2.05) is 32.9 Å². The number of hydrogen-bond acceptors (Lipinski definition) is 8. The Morgan fingerprint density at radius 1 is 1.11 bits per heavy atom. The summed E-state index contributed by atoms with van der Waals surface area (Å²) in [6.45, 7) is 11.4. The molecule has 4 rings (SSSR count). The van der Waals surface area contributed by atoms with Gasteiger partial charge in [-0.3, -0.25) is 9.59 Å². The molecular formula is C26H33N3O5S. The molecule has 1 aromatic heterocycles. The summed E-state index contributed by atoms with van der Waals surface area (Å²) in [5.74, 6) is -0.232. The van der Waals surface area contributed by atoms with Crippen LogP contribution in [0.1, 0.15) is 58.7 Å². The average Bonchev–Trinajstić information content (AvgIpc) is 3.53. The van der Waals surface area contributed by atoms with E-state index < -0.39 is 17.7 Å². The maximum Gasteiger partial charge on any atom is 0.290 e. The molecule has 1 atom stereocenters. The van der Waals surface area contributed by atoms with Crippen LogP contribution in [-0.4, -0.2) is 71.0 Å². The van der Waals surface area contributed by atoms with Crippen LogP contribution in [0.25, 0.3) is 0 Å². The number of hydrogen-bond donors (Lipinski definition) is 1. The number of thiazole rings is 1. The van der Waals surface area contributed by atoms with E-state index >= 15 is 0 Å². The van der Waals surface area contributed by atoms with E-state index in [-0.39, 0.29) is 11.4 Å². The van der Waals surface area contributed by atoms with Crippen LogP contribution in [-0.2, 0) is 4.79 Å². The fraction of sp³-hybridized carbons (Fsp3) is 0.500. The van der Waals surface area contributed by atoms with Gasteiger partial charge in [-0.05, 0) is 71.3 Å². The Labute approximate surface area is 210 Å². The quantitative estimate of drug-likeness (QED) is 0.489. The van der Waals surface area contributed by atoms with Crippen molar-refractivity contribution in [2.45, 2.75) is 46.6 Å². The standard InChI is InChI=1S/C26H33N3O5S/c1-5-33-19-10-9-18(15-20(19)34-6-2)22-21(23(30)25-16(3)27-17(4)35-25)24(31)26(32)29(22)14-13-28-11-7-8-12-28/h9-10,15,22,31H,5-8,11-14H2,1-4H3. The number of aliphatic hydroxyl groups is 1. The SMILES string of the molecule is CCOc1ccc(C2C(C(=O)c3sc(C)nc3C)=C(O)C(=O)N2CCN2CCCC2)cc1OCC. The van der Waals surface area contributed by atoms with Gasteiger partial charge in [-0.15, -0.1) is 11.3 Å². The number of likely N-dealkylation sites (tertiary alicyclic amines) is 1. The Morgan fingerprint density at radius 3 is 2.43 bits per heavy atom. The van der Waals surface area contributed by atoms with Gasteiger partial charge in [0.25, 0.3) is 5.91 Å². The molecule has 2 aliphatic rings. The zero-order valence-corrected chi connectivity index (χ0v) is 21.6. The highest BCUT2D eigenvalue weighted by molar-refractivity contribution is 7.14. The summed E-state index contributed by atoms with van der Waals surface area (Å²) in [6.07, 6.45) is 2.29. The first-order valence-corrected chi connectivity index (χ1v) is 13.0. The van der Waals surface area contributed by atoms with Gasteiger partial charge < -0.3 is 24.4 Å². The van der Waals surface area contributed by atoms with Gasteiger partial charge in [0.2, 0.25) is 5.78 Å². The monoisotopic (exact) mass is 499 g/mol. The van der Waals surface area contributed by atoms with Crippen molar-refractivity contribution in [2.75, 3.05) is 39.4 Å². The average molecular weight is 500 g/mol. The lowest BCUT2D eigenvalue weighted by Gasteiger charge is -2.29. The molecule has 1 aromatic carbocycles. The van der Waals surface area contributed by atoms with Gasteiger partial charge in [0.05, 0.1) is 40.4 Å². The van der Waals surface area contributed by atoms with E-state index in [9.17, 15) is 14.7 Å². The van der Waals surface area contributed by atoms with E-state index in [0.717, 1.165) is 30.9 Å². The summed E-state index contributed by atoms with van der Waals surface area (Å²) in [4.78, 5) is 35.7. The fourth-order valence-electron chi connectivity index (χ4n) is 4.82. The Hall–Kier alpha value is -2.91. The van der Waals surface area contributed by atoms with Gasteiger partial charge in [-0.1, -0.05) is 6.07 Å². The molecule has 0 saturated carbocycles. The van der Waals surface area contributed by atoms with Crippen molar-refractivity contribution in [3.8, 4) is 11.5 Å². The molecule has 3 heterocycles. The van der Waals surface area contributed by atoms with E-state index in [2.05, 4.69) is 9.88 Å². The van der Waals surface area contributed by atoms with Crippen LogP contribution >= 0.6 is 11.3 Å². The highest BCUT2D eigenvalue weighted by Crippen LogP contribution is 2.42. The smallest absolute Gasteiger partial charge is 0.290 e. The number of aromatic nitrogens is 1. The molecule has 1 unspecified atom stereocenters. The number of aliphatic hydroxyl groups excluding tert-OH is 1. The number of aryl methyl sites for hydroxylation is 2. The number of amides is 1. The van der Waals surface area contributed by atoms with Gasteiger partial charge in [0.1, 0.15) is 0 Å². The number of rotatable bonds is 10.